The molecule has 0 bridgehead atoms. The molecule has 3 heteroatoms. The molecule has 0 amide bonds. The van der Waals surface area contributed by atoms with E-state index in [0.717, 1.165) is 12.8 Å². The Kier molecular flexibility index (Phi) is 6.71. The minimum atomic E-state index is -0.922. The first-order chi connectivity index (χ1) is 9.58. The molecular formula is C18H19F2Re-. The fourth-order valence-corrected chi connectivity index (χ4v) is 2.63. The summed E-state index contributed by atoms with van der Waals surface area (Å²) in [5.74, 6) is -1.22. The minimum Gasteiger partial charge on any atom is -0.281 e. The summed E-state index contributed by atoms with van der Waals surface area (Å²) in [4.78, 5) is 0. The third-order valence-electron chi connectivity index (χ3n) is 3.88. The van der Waals surface area contributed by atoms with Crippen LogP contribution in [0.25, 0.3) is 11.1 Å². The fourth-order valence-electron chi connectivity index (χ4n) is 2.63. The largest absolute Gasteiger partial charge is 0.281 e. The van der Waals surface area contributed by atoms with Gasteiger partial charge in [-0.25, -0.2) is 4.39 Å². The summed E-state index contributed by atoms with van der Waals surface area (Å²) in [6.45, 7) is 6.09. The van der Waals surface area contributed by atoms with Crippen molar-refractivity contribution in [2.24, 2.45) is 0 Å². The van der Waals surface area contributed by atoms with E-state index in [-0.39, 0.29) is 20.4 Å². The van der Waals surface area contributed by atoms with Crippen molar-refractivity contribution >= 4 is 0 Å². The minimum absolute atomic E-state index is 0. The van der Waals surface area contributed by atoms with Crippen molar-refractivity contribution in [1.29, 1.82) is 0 Å². The predicted octanol–water partition coefficient (Wildman–Crippen LogP) is 5.64. The van der Waals surface area contributed by atoms with Gasteiger partial charge in [0.2, 0.25) is 0 Å². The average Bonchev–Trinajstić information content (AvgIpc) is 2.46. The van der Waals surface area contributed by atoms with Crippen molar-refractivity contribution < 1.29 is 29.2 Å². The van der Waals surface area contributed by atoms with E-state index in [1.54, 1.807) is 6.92 Å². The van der Waals surface area contributed by atoms with Crippen LogP contribution in [-0.2, 0) is 20.4 Å². The summed E-state index contributed by atoms with van der Waals surface area (Å²) in [5, 5.41) is 0. The number of hydrogen-bond donors (Lipinski definition) is 0. The van der Waals surface area contributed by atoms with Gasteiger partial charge >= 0.3 is 0 Å². The molecule has 2 aromatic rings. The van der Waals surface area contributed by atoms with Crippen LogP contribution >= 0.6 is 0 Å². The maximum Gasteiger partial charge on any atom is 0.0513 e. The zero-order valence-corrected chi connectivity index (χ0v) is 15.2. The molecule has 0 aliphatic rings. The Morgan fingerprint density at radius 1 is 1.05 bits per heavy atom. The summed E-state index contributed by atoms with van der Waals surface area (Å²) in [6, 6.07) is 11.5. The second-order valence-electron chi connectivity index (χ2n) is 5.11. The van der Waals surface area contributed by atoms with Gasteiger partial charge in [-0.2, -0.15) is 6.07 Å². The van der Waals surface area contributed by atoms with Crippen LogP contribution in [0.15, 0.2) is 30.3 Å². The molecule has 0 heterocycles. The van der Waals surface area contributed by atoms with Gasteiger partial charge < -0.3 is 0 Å². The standard InChI is InChI=1S/C18H19F2.Re/c1-4-13(5-2)14-7-9-15(10-8-14)17-12(3)6-11-16(19)18(17)20;/h6-10,13H,4-5H2,1-3H3;/q-1;. The van der Waals surface area contributed by atoms with Crippen LogP contribution in [0.3, 0.4) is 0 Å². The van der Waals surface area contributed by atoms with Crippen molar-refractivity contribution in [3.8, 4) is 11.1 Å². The summed E-state index contributed by atoms with van der Waals surface area (Å²) < 4.78 is 27.3. The van der Waals surface area contributed by atoms with E-state index in [9.17, 15) is 8.78 Å². The van der Waals surface area contributed by atoms with Gasteiger partial charge in [-0.15, -0.1) is 11.6 Å². The van der Waals surface area contributed by atoms with Crippen LogP contribution in [0, 0.1) is 24.6 Å². The van der Waals surface area contributed by atoms with Gasteiger partial charge in [0.1, 0.15) is 0 Å². The number of halogens is 2. The van der Waals surface area contributed by atoms with Gasteiger partial charge in [-0.05, 0) is 29.9 Å². The summed E-state index contributed by atoms with van der Waals surface area (Å²) in [6.07, 6.45) is 2.16. The first-order valence-electron chi connectivity index (χ1n) is 7.05. The van der Waals surface area contributed by atoms with Crippen molar-refractivity contribution in [2.75, 3.05) is 0 Å². The van der Waals surface area contributed by atoms with Crippen molar-refractivity contribution in [3.05, 3.63) is 59.2 Å². The van der Waals surface area contributed by atoms with Crippen molar-refractivity contribution in [3.63, 3.8) is 0 Å². The summed E-state index contributed by atoms with van der Waals surface area (Å²) >= 11 is 0. The molecule has 2 aromatic carbocycles. The van der Waals surface area contributed by atoms with E-state index in [2.05, 4.69) is 19.9 Å². The van der Waals surface area contributed by atoms with Gasteiger partial charge in [0, 0.05) is 26.2 Å². The zero-order chi connectivity index (χ0) is 14.7. The van der Waals surface area contributed by atoms with Crippen molar-refractivity contribution in [1.82, 2.24) is 0 Å². The molecule has 0 aromatic heterocycles. The van der Waals surface area contributed by atoms with E-state index in [1.807, 2.05) is 24.3 Å². The monoisotopic (exact) mass is 460 g/mol. The molecule has 1 radical (unpaired) electrons. The van der Waals surface area contributed by atoms with Gasteiger partial charge in [0.05, 0.1) is 5.82 Å². The molecule has 0 N–H and O–H groups in total. The molecule has 113 valence electrons. The molecule has 0 saturated carbocycles. The second-order valence-corrected chi connectivity index (χ2v) is 5.11. The molecule has 0 atom stereocenters. The fraction of sp³-hybridized carbons (Fsp3) is 0.333. The number of rotatable bonds is 4. The Morgan fingerprint density at radius 3 is 2.14 bits per heavy atom. The topological polar surface area (TPSA) is 0 Å². The Balaban J connectivity index is 0.00000220. The van der Waals surface area contributed by atoms with Crippen LogP contribution in [0.4, 0.5) is 8.78 Å². The third-order valence-corrected chi connectivity index (χ3v) is 3.88. The predicted molar refractivity (Wildman–Crippen MR) is 78.7 cm³/mol. The van der Waals surface area contributed by atoms with E-state index in [0.29, 0.717) is 22.6 Å². The van der Waals surface area contributed by atoms with Gasteiger partial charge in [0.15, 0.2) is 0 Å². The molecule has 0 aliphatic heterocycles. The molecule has 0 unspecified atom stereocenters. The Morgan fingerprint density at radius 2 is 1.62 bits per heavy atom. The van der Waals surface area contributed by atoms with Crippen LogP contribution in [0.2, 0.25) is 0 Å². The normalized spacial score (nSPS) is 10.6. The van der Waals surface area contributed by atoms with Gasteiger partial charge in [0.25, 0.3) is 0 Å². The SMILES string of the molecule is CCC(CC)c1ccc(-c2c(C)c[c-]c(F)c2F)cc1.[Re]. The van der Waals surface area contributed by atoms with E-state index >= 15 is 0 Å². The average molecular weight is 460 g/mol. The maximum atomic E-state index is 13.9. The Bertz CT molecular complexity index is 587. The molecule has 21 heavy (non-hydrogen) atoms. The number of aryl methyl sites for hydroxylation is 1. The first-order valence-corrected chi connectivity index (χ1v) is 7.05. The quantitative estimate of drug-likeness (QED) is 0.519. The smallest absolute Gasteiger partial charge is 0.0513 e. The van der Waals surface area contributed by atoms with E-state index < -0.39 is 11.6 Å². The Hall–Kier alpha value is -1.04. The molecular weight excluding hydrogens is 440 g/mol. The van der Waals surface area contributed by atoms with E-state index in [4.69, 9.17) is 0 Å². The molecule has 0 aliphatic carbocycles. The van der Waals surface area contributed by atoms with Crippen LogP contribution in [0.1, 0.15) is 43.7 Å². The molecule has 0 fully saturated rings. The second kappa shape index (κ2) is 7.82. The zero-order valence-electron chi connectivity index (χ0n) is 12.5. The van der Waals surface area contributed by atoms with Gasteiger partial charge in [-0.1, -0.05) is 50.6 Å². The molecule has 0 spiro atoms. The van der Waals surface area contributed by atoms with Crippen LogP contribution < -0.4 is 0 Å². The van der Waals surface area contributed by atoms with Gasteiger partial charge in [-0.3, -0.25) is 4.39 Å². The molecule has 0 nitrogen and oxygen atoms in total. The molecule has 0 saturated heterocycles. The van der Waals surface area contributed by atoms with Crippen molar-refractivity contribution in [2.45, 2.75) is 39.5 Å². The number of benzene rings is 2. The first kappa shape index (κ1) is 18.0. The number of hydrogen-bond acceptors (Lipinski definition) is 0. The summed E-state index contributed by atoms with van der Waals surface area (Å²) in [5.41, 5.74) is 2.99. The van der Waals surface area contributed by atoms with E-state index in [1.165, 1.54) is 11.6 Å². The summed E-state index contributed by atoms with van der Waals surface area (Å²) in [7, 11) is 0. The third kappa shape index (κ3) is 3.79. The Labute approximate surface area is 139 Å². The van der Waals surface area contributed by atoms with Crippen LogP contribution in [-0.4, -0.2) is 0 Å². The van der Waals surface area contributed by atoms with Crippen LogP contribution in [0.5, 0.6) is 0 Å². The maximum absolute atomic E-state index is 13.9. The molecule has 2 rings (SSSR count).